The SMILES string of the molecule is CCN(CCN(CC)C(=O)OC(C)(C)C)Cc1ccc(OCCCBr)cc1. The minimum atomic E-state index is -0.465. The van der Waals surface area contributed by atoms with Crippen LogP contribution >= 0.6 is 15.9 Å². The van der Waals surface area contributed by atoms with Crippen molar-refractivity contribution in [2.45, 2.75) is 53.2 Å². The van der Waals surface area contributed by atoms with Crippen molar-refractivity contribution in [1.82, 2.24) is 9.80 Å². The summed E-state index contributed by atoms with van der Waals surface area (Å²) in [7, 11) is 0. The van der Waals surface area contributed by atoms with Crippen molar-refractivity contribution in [2.75, 3.05) is 38.1 Å². The van der Waals surface area contributed by atoms with E-state index in [2.05, 4.69) is 39.9 Å². The quantitative estimate of drug-likeness (QED) is 0.359. The molecule has 0 atom stereocenters. The lowest BCUT2D eigenvalue weighted by Crippen LogP contribution is -2.41. The van der Waals surface area contributed by atoms with Crippen LogP contribution in [0.5, 0.6) is 5.75 Å². The van der Waals surface area contributed by atoms with Crippen molar-refractivity contribution in [3.63, 3.8) is 0 Å². The Morgan fingerprint density at radius 2 is 1.74 bits per heavy atom. The topological polar surface area (TPSA) is 42.0 Å². The first kappa shape index (κ1) is 23.8. The van der Waals surface area contributed by atoms with Crippen molar-refractivity contribution in [3.8, 4) is 5.75 Å². The summed E-state index contributed by atoms with van der Waals surface area (Å²) in [4.78, 5) is 16.3. The Bertz CT molecular complexity index is 543. The van der Waals surface area contributed by atoms with E-state index in [1.54, 1.807) is 4.90 Å². The molecule has 154 valence electrons. The lowest BCUT2D eigenvalue weighted by atomic mass is 10.2. The lowest BCUT2D eigenvalue weighted by Gasteiger charge is -2.29. The van der Waals surface area contributed by atoms with Crippen molar-refractivity contribution in [2.24, 2.45) is 0 Å². The molecular formula is C21H35BrN2O3. The molecule has 0 aliphatic rings. The van der Waals surface area contributed by atoms with Crippen LogP contribution in [-0.2, 0) is 11.3 Å². The number of hydrogen-bond acceptors (Lipinski definition) is 4. The number of halogens is 1. The summed E-state index contributed by atoms with van der Waals surface area (Å²) in [5, 5.41) is 0.953. The van der Waals surface area contributed by atoms with E-state index in [4.69, 9.17) is 9.47 Å². The van der Waals surface area contributed by atoms with Crippen molar-refractivity contribution >= 4 is 22.0 Å². The second-order valence-corrected chi connectivity index (χ2v) is 8.26. The zero-order valence-electron chi connectivity index (χ0n) is 17.5. The summed E-state index contributed by atoms with van der Waals surface area (Å²) < 4.78 is 11.2. The molecule has 1 aromatic rings. The summed E-state index contributed by atoms with van der Waals surface area (Å²) in [5.74, 6) is 0.907. The van der Waals surface area contributed by atoms with E-state index in [9.17, 15) is 4.79 Å². The van der Waals surface area contributed by atoms with Gasteiger partial charge in [-0.1, -0.05) is 35.0 Å². The predicted molar refractivity (Wildman–Crippen MR) is 115 cm³/mol. The van der Waals surface area contributed by atoms with Crippen LogP contribution in [0.3, 0.4) is 0 Å². The monoisotopic (exact) mass is 442 g/mol. The van der Waals surface area contributed by atoms with Crippen LogP contribution < -0.4 is 4.74 Å². The molecule has 0 aliphatic carbocycles. The second-order valence-electron chi connectivity index (χ2n) is 7.46. The predicted octanol–water partition coefficient (Wildman–Crippen LogP) is 4.93. The van der Waals surface area contributed by atoms with Gasteiger partial charge in [-0.25, -0.2) is 4.79 Å². The van der Waals surface area contributed by atoms with Gasteiger partial charge in [0.2, 0.25) is 0 Å². The first-order valence-corrected chi connectivity index (χ1v) is 10.9. The summed E-state index contributed by atoms with van der Waals surface area (Å²) >= 11 is 3.40. The van der Waals surface area contributed by atoms with Gasteiger partial charge in [0.15, 0.2) is 0 Å². The van der Waals surface area contributed by atoms with Gasteiger partial charge in [0, 0.05) is 31.5 Å². The van der Waals surface area contributed by atoms with Gasteiger partial charge in [0.25, 0.3) is 0 Å². The van der Waals surface area contributed by atoms with Gasteiger partial charge in [-0.3, -0.25) is 4.90 Å². The molecule has 0 saturated carbocycles. The lowest BCUT2D eigenvalue weighted by molar-refractivity contribution is 0.0242. The zero-order chi connectivity index (χ0) is 20.3. The molecule has 1 aromatic carbocycles. The number of likely N-dealkylation sites (N-methyl/N-ethyl adjacent to an activating group) is 2. The minimum absolute atomic E-state index is 0.244. The van der Waals surface area contributed by atoms with Crippen LogP contribution in [0.4, 0.5) is 4.79 Å². The van der Waals surface area contributed by atoms with E-state index in [-0.39, 0.29) is 6.09 Å². The minimum Gasteiger partial charge on any atom is -0.494 e. The highest BCUT2D eigenvalue weighted by Crippen LogP contribution is 2.15. The Morgan fingerprint density at radius 3 is 2.26 bits per heavy atom. The smallest absolute Gasteiger partial charge is 0.410 e. The molecule has 0 bridgehead atoms. The van der Waals surface area contributed by atoms with Crippen molar-refractivity contribution in [3.05, 3.63) is 29.8 Å². The molecule has 0 radical (unpaired) electrons. The van der Waals surface area contributed by atoms with Crippen LogP contribution in [0.2, 0.25) is 0 Å². The fourth-order valence-electron chi connectivity index (χ4n) is 2.51. The maximum absolute atomic E-state index is 12.3. The van der Waals surface area contributed by atoms with Gasteiger partial charge in [0.1, 0.15) is 11.4 Å². The van der Waals surface area contributed by atoms with Crippen molar-refractivity contribution < 1.29 is 14.3 Å². The molecule has 1 rings (SSSR count). The van der Waals surface area contributed by atoms with Gasteiger partial charge >= 0.3 is 6.09 Å². The summed E-state index contributed by atoms with van der Waals surface area (Å²) in [6.45, 7) is 14.4. The highest BCUT2D eigenvalue weighted by atomic mass is 79.9. The first-order valence-electron chi connectivity index (χ1n) is 9.77. The summed E-state index contributed by atoms with van der Waals surface area (Å²) in [5.41, 5.74) is 0.776. The maximum atomic E-state index is 12.3. The highest BCUT2D eigenvalue weighted by molar-refractivity contribution is 9.09. The molecule has 0 unspecified atom stereocenters. The van der Waals surface area contributed by atoms with Crippen LogP contribution in [0, 0.1) is 0 Å². The van der Waals surface area contributed by atoms with E-state index in [0.29, 0.717) is 13.1 Å². The first-order chi connectivity index (χ1) is 12.8. The number of hydrogen-bond donors (Lipinski definition) is 0. The number of rotatable bonds is 11. The number of nitrogens with zero attached hydrogens (tertiary/aromatic N) is 2. The van der Waals surface area contributed by atoms with Crippen LogP contribution in [0.25, 0.3) is 0 Å². The Balaban J connectivity index is 2.52. The van der Waals surface area contributed by atoms with Crippen LogP contribution in [0.15, 0.2) is 24.3 Å². The molecule has 6 heteroatoms. The molecule has 0 heterocycles. The Hall–Kier alpha value is -1.27. The van der Waals surface area contributed by atoms with Gasteiger partial charge < -0.3 is 14.4 Å². The summed E-state index contributed by atoms with van der Waals surface area (Å²) in [6, 6.07) is 8.27. The highest BCUT2D eigenvalue weighted by Gasteiger charge is 2.21. The Morgan fingerprint density at radius 1 is 1.07 bits per heavy atom. The number of carbonyl (C=O) groups excluding carboxylic acids is 1. The molecule has 0 aliphatic heterocycles. The summed E-state index contributed by atoms with van der Waals surface area (Å²) in [6.07, 6.45) is 0.753. The molecule has 27 heavy (non-hydrogen) atoms. The van der Waals surface area contributed by atoms with Gasteiger partial charge in [-0.15, -0.1) is 0 Å². The fraction of sp³-hybridized carbons (Fsp3) is 0.667. The molecule has 0 N–H and O–H groups in total. The third-order valence-electron chi connectivity index (χ3n) is 4.04. The molecule has 0 saturated heterocycles. The molecule has 5 nitrogen and oxygen atoms in total. The largest absolute Gasteiger partial charge is 0.494 e. The van der Waals surface area contributed by atoms with Gasteiger partial charge in [0.05, 0.1) is 6.61 Å². The second kappa shape index (κ2) is 12.2. The van der Waals surface area contributed by atoms with E-state index < -0.39 is 5.60 Å². The normalized spacial score (nSPS) is 11.5. The molecular weight excluding hydrogens is 408 g/mol. The third kappa shape index (κ3) is 10.0. The molecule has 1 amide bonds. The number of ether oxygens (including phenoxy) is 2. The molecule has 0 fully saturated rings. The number of amides is 1. The zero-order valence-corrected chi connectivity index (χ0v) is 19.0. The third-order valence-corrected chi connectivity index (χ3v) is 4.60. The average molecular weight is 443 g/mol. The van der Waals surface area contributed by atoms with Crippen LogP contribution in [0.1, 0.15) is 46.6 Å². The molecule has 0 spiro atoms. The number of benzene rings is 1. The maximum Gasteiger partial charge on any atom is 0.410 e. The van der Waals surface area contributed by atoms with Crippen molar-refractivity contribution in [1.29, 1.82) is 0 Å². The van der Waals surface area contributed by atoms with E-state index >= 15 is 0 Å². The van der Waals surface area contributed by atoms with E-state index in [1.165, 1.54) is 5.56 Å². The fourth-order valence-corrected chi connectivity index (χ4v) is 2.74. The Kier molecular flexibility index (Phi) is 10.8. The molecule has 0 aromatic heterocycles. The van der Waals surface area contributed by atoms with Gasteiger partial charge in [-0.05, 0) is 58.4 Å². The standard InChI is InChI=1S/C21H35BrN2O3/c1-6-23(14-15-24(7-2)20(25)27-21(3,4)5)17-18-9-11-19(12-10-18)26-16-8-13-22/h9-12H,6-8,13-17H2,1-5H3. The number of alkyl halides is 1. The van der Waals surface area contributed by atoms with E-state index in [1.807, 2.05) is 39.8 Å². The van der Waals surface area contributed by atoms with Crippen LogP contribution in [-0.4, -0.2) is 59.6 Å². The van der Waals surface area contributed by atoms with E-state index in [0.717, 1.165) is 43.7 Å². The van der Waals surface area contributed by atoms with Gasteiger partial charge in [-0.2, -0.15) is 0 Å². The Labute approximate surface area is 173 Å². The average Bonchev–Trinajstić information content (AvgIpc) is 2.61. The number of carbonyl (C=O) groups is 1.